The molecule has 0 saturated carbocycles. The number of carbonyl (C=O) groups excluding carboxylic acids is 1. The highest BCUT2D eigenvalue weighted by Crippen LogP contribution is 2.25. The monoisotopic (exact) mass is 391 g/mol. The van der Waals surface area contributed by atoms with Gasteiger partial charge in [-0.25, -0.2) is 13.9 Å². The number of nitrogens with one attached hydrogen (secondary N) is 1. The van der Waals surface area contributed by atoms with Gasteiger partial charge in [0, 0.05) is 5.56 Å². The van der Waals surface area contributed by atoms with E-state index in [9.17, 15) is 18.4 Å². The average Bonchev–Trinajstić information content (AvgIpc) is 3.08. The Morgan fingerprint density at radius 3 is 2.48 bits per heavy atom. The van der Waals surface area contributed by atoms with Gasteiger partial charge < -0.3 is 9.94 Å². The van der Waals surface area contributed by atoms with Crippen molar-refractivity contribution >= 4 is 15.7 Å². The second-order valence-corrected chi connectivity index (χ2v) is 7.15. The minimum Gasteiger partial charge on any atom is -0.450 e. The van der Waals surface area contributed by atoms with Gasteiger partial charge in [-0.3, -0.25) is 14.6 Å². The largest absolute Gasteiger partial charge is 0.450 e. The zero-order valence-corrected chi connectivity index (χ0v) is 14.4. The molecule has 3 rings (SSSR count). The van der Waals surface area contributed by atoms with E-state index in [1.807, 2.05) is 0 Å². The van der Waals surface area contributed by atoms with Crippen molar-refractivity contribution in [1.29, 1.82) is 0 Å². The smallest absolute Gasteiger partial charge is 0.415 e. The lowest BCUT2D eigenvalue weighted by atomic mass is 10.1. The molecule has 1 heterocycles. The second-order valence-electron chi connectivity index (χ2n) is 5.28. The van der Waals surface area contributed by atoms with Crippen LogP contribution in [0.3, 0.4) is 0 Å². The highest BCUT2D eigenvalue weighted by atomic mass is 32.2. The first-order valence-electron chi connectivity index (χ1n) is 7.49. The van der Waals surface area contributed by atoms with E-state index in [4.69, 9.17) is 9.94 Å². The Hall–Kier alpha value is -3.44. The predicted molar refractivity (Wildman–Crippen MR) is 87.4 cm³/mol. The Kier molecular flexibility index (Phi) is 5.05. The third kappa shape index (κ3) is 3.73. The third-order valence-electron chi connectivity index (χ3n) is 3.55. The second kappa shape index (κ2) is 7.43. The molecule has 1 amide bonds. The molecule has 0 aliphatic carbocycles. The van der Waals surface area contributed by atoms with Crippen LogP contribution in [-0.2, 0) is 16.4 Å². The zero-order chi connectivity index (χ0) is 19.4. The molecular weight excluding hydrogens is 378 g/mol. The van der Waals surface area contributed by atoms with E-state index < -0.39 is 26.7 Å². The van der Waals surface area contributed by atoms with Crippen molar-refractivity contribution in [3.8, 4) is 5.88 Å². The van der Waals surface area contributed by atoms with Crippen molar-refractivity contribution in [3.63, 3.8) is 0 Å². The number of rotatable bonds is 6. The van der Waals surface area contributed by atoms with Crippen LogP contribution in [0.5, 0.6) is 5.88 Å². The maximum atomic E-state index is 12.6. The summed E-state index contributed by atoms with van der Waals surface area (Å²) in [5, 5.41) is 23.0. The summed E-state index contributed by atoms with van der Waals surface area (Å²) in [4.78, 5) is 10.9. The number of hydroxylamine groups is 1. The van der Waals surface area contributed by atoms with Gasteiger partial charge in [-0.05, 0) is 34.7 Å². The van der Waals surface area contributed by atoms with Gasteiger partial charge in [0.15, 0.2) is 0 Å². The van der Waals surface area contributed by atoms with E-state index >= 15 is 0 Å². The molecule has 0 bridgehead atoms. The van der Waals surface area contributed by atoms with Crippen molar-refractivity contribution in [1.82, 2.24) is 10.6 Å². The molecule has 1 aromatic heterocycles. The Balaban J connectivity index is 1.83. The van der Waals surface area contributed by atoms with Gasteiger partial charge in [-0.1, -0.05) is 30.3 Å². The maximum absolute atomic E-state index is 12.6. The van der Waals surface area contributed by atoms with Crippen molar-refractivity contribution in [2.24, 2.45) is 0 Å². The van der Waals surface area contributed by atoms with Gasteiger partial charge in [0.1, 0.15) is 6.61 Å². The molecule has 2 aromatic carbocycles. The maximum Gasteiger partial charge on any atom is 0.415 e. The normalized spacial score (nSPS) is 11.1. The van der Waals surface area contributed by atoms with Gasteiger partial charge in [0.25, 0.3) is 15.7 Å². The number of hydrogen-bond donors (Lipinski definition) is 2. The lowest BCUT2D eigenvalue weighted by molar-refractivity contribution is -0.832. The first kappa shape index (κ1) is 18.4. The number of carbonyl (C=O) groups is 1. The number of nitrogens with zero attached hydrogens (tertiary/aromatic N) is 2. The molecule has 0 spiro atoms. The number of amides is 1. The van der Waals surface area contributed by atoms with Crippen molar-refractivity contribution in [2.75, 3.05) is 0 Å². The quantitative estimate of drug-likeness (QED) is 0.357. The zero-order valence-electron chi connectivity index (χ0n) is 13.6. The molecule has 27 heavy (non-hydrogen) atoms. The lowest BCUT2D eigenvalue weighted by Gasteiger charge is -2.04. The summed E-state index contributed by atoms with van der Waals surface area (Å²) >= 11 is 0. The van der Waals surface area contributed by atoms with Crippen LogP contribution in [0.2, 0.25) is 0 Å². The summed E-state index contributed by atoms with van der Waals surface area (Å²) in [6.07, 6.45) is 0. The van der Waals surface area contributed by atoms with Crippen molar-refractivity contribution in [3.05, 3.63) is 70.9 Å². The van der Waals surface area contributed by atoms with Crippen LogP contribution in [0.15, 0.2) is 69.1 Å². The minimum atomic E-state index is -4.19. The fourth-order valence-corrected chi connectivity index (χ4v) is 3.50. The van der Waals surface area contributed by atoms with Crippen LogP contribution in [0.1, 0.15) is 15.9 Å². The minimum absolute atomic E-state index is 0.109. The van der Waals surface area contributed by atoms with Crippen LogP contribution < -0.4 is 15.1 Å². The van der Waals surface area contributed by atoms with Crippen LogP contribution in [0, 0.1) is 5.21 Å². The number of sulfone groups is 1. The van der Waals surface area contributed by atoms with Gasteiger partial charge in [0.2, 0.25) is 0 Å². The molecule has 0 unspecified atom stereocenters. The Morgan fingerprint density at radius 2 is 1.85 bits per heavy atom. The van der Waals surface area contributed by atoms with Crippen LogP contribution >= 0.6 is 0 Å². The molecule has 0 aliphatic heterocycles. The lowest BCUT2D eigenvalue weighted by Crippen LogP contribution is -2.30. The Morgan fingerprint density at radius 1 is 1.19 bits per heavy atom. The standard InChI is InChI=1S/C16H13N3O7S/c20-14(17-21)12-8-6-11(7-9-12)10-25-15-16(19(22)26-18-15)27(23,24)13-4-2-1-3-5-13/h1-9,21H,10H2,(H,17,20). The van der Waals surface area contributed by atoms with Crippen molar-refractivity contribution < 1.29 is 32.7 Å². The predicted octanol–water partition coefficient (Wildman–Crippen LogP) is 0.839. The SMILES string of the molecule is O=C(NO)c1ccc(COc2no[n+]([O-])c2S(=O)(=O)c2ccccc2)cc1. The number of benzene rings is 2. The van der Waals surface area contributed by atoms with E-state index in [1.165, 1.54) is 54.0 Å². The molecule has 0 aliphatic rings. The fraction of sp³-hybridized carbons (Fsp3) is 0.0625. The van der Waals surface area contributed by atoms with Crippen molar-refractivity contribution in [2.45, 2.75) is 16.5 Å². The third-order valence-corrected chi connectivity index (χ3v) is 5.27. The number of hydrogen-bond acceptors (Lipinski definition) is 8. The molecule has 3 aromatic rings. The molecular formula is C16H13N3O7S. The van der Waals surface area contributed by atoms with Gasteiger partial charge in [-0.15, -0.1) is 0 Å². The van der Waals surface area contributed by atoms with E-state index in [-0.39, 0.29) is 22.0 Å². The van der Waals surface area contributed by atoms with Gasteiger partial charge >= 0.3 is 10.9 Å². The molecule has 0 radical (unpaired) electrons. The molecule has 140 valence electrons. The number of aromatic nitrogens is 2. The fourth-order valence-electron chi connectivity index (χ4n) is 2.21. The summed E-state index contributed by atoms with van der Waals surface area (Å²) < 4.78 is 35.0. The van der Waals surface area contributed by atoms with E-state index in [0.717, 1.165) is 0 Å². The van der Waals surface area contributed by atoms with Gasteiger partial charge in [-0.2, -0.15) is 0 Å². The van der Waals surface area contributed by atoms with E-state index in [1.54, 1.807) is 6.07 Å². The molecule has 10 nitrogen and oxygen atoms in total. The first-order valence-corrected chi connectivity index (χ1v) is 8.98. The average molecular weight is 391 g/mol. The van der Waals surface area contributed by atoms with Crippen LogP contribution in [0.25, 0.3) is 0 Å². The first-order chi connectivity index (χ1) is 12.9. The summed E-state index contributed by atoms with van der Waals surface area (Å²) in [5.74, 6) is -1.16. The molecule has 0 saturated heterocycles. The molecule has 0 atom stereocenters. The Bertz CT molecular complexity index is 1050. The molecule has 2 N–H and O–H groups in total. The summed E-state index contributed by atoms with van der Waals surface area (Å²) in [5.41, 5.74) is 2.28. The number of ether oxygens (including phenoxy) is 1. The Labute approximate surface area is 153 Å². The summed E-state index contributed by atoms with van der Waals surface area (Å²) in [7, 11) is -4.19. The van der Waals surface area contributed by atoms with E-state index in [2.05, 4.69) is 9.79 Å². The highest BCUT2D eigenvalue weighted by molar-refractivity contribution is 7.91. The molecule has 0 fully saturated rings. The van der Waals surface area contributed by atoms with Crippen LogP contribution in [0.4, 0.5) is 0 Å². The van der Waals surface area contributed by atoms with Gasteiger partial charge in [0.05, 0.1) is 10.1 Å². The summed E-state index contributed by atoms with van der Waals surface area (Å²) in [6.45, 7) is -0.134. The summed E-state index contributed by atoms with van der Waals surface area (Å²) in [6, 6.07) is 13.2. The topological polar surface area (TPSA) is 146 Å². The highest BCUT2D eigenvalue weighted by Gasteiger charge is 2.35. The van der Waals surface area contributed by atoms with Crippen LogP contribution in [-0.4, -0.2) is 24.7 Å². The van der Waals surface area contributed by atoms with E-state index in [0.29, 0.717) is 5.56 Å². The molecule has 11 heteroatoms.